The van der Waals surface area contributed by atoms with Crippen LogP contribution in [0.5, 0.6) is 0 Å². The van der Waals surface area contributed by atoms with Crippen LogP contribution >= 0.6 is 24.0 Å². The summed E-state index contributed by atoms with van der Waals surface area (Å²) in [4.78, 5) is 9.60. The minimum atomic E-state index is 0. The maximum atomic E-state index is 5.78. The van der Waals surface area contributed by atoms with Gasteiger partial charge in [-0.15, -0.1) is 24.0 Å². The highest BCUT2D eigenvalue weighted by Gasteiger charge is 2.17. The molecule has 0 saturated carbocycles. The number of rotatable bonds is 7. The van der Waals surface area contributed by atoms with Crippen molar-refractivity contribution in [3.63, 3.8) is 0 Å². The molecule has 0 aromatic carbocycles. The Labute approximate surface area is 171 Å². The van der Waals surface area contributed by atoms with Gasteiger partial charge in [-0.25, -0.2) is 0 Å². The summed E-state index contributed by atoms with van der Waals surface area (Å²) in [5.41, 5.74) is 0. The van der Waals surface area contributed by atoms with Gasteiger partial charge in [0.2, 0.25) is 0 Å². The van der Waals surface area contributed by atoms with E-state index in [2.05, 4.69) is 41.3 Å². The van der Waals surface area contributed by atoms with Crippen LogP contribution in [0.1, 0.15) is 33.1 Å². The van der Waals surface area contributed by atoms with E-state index < -0.39 is 0 Å². The first-order chi connectivity index (χ1) is 11.7. The van der Waals surface area contributed by atoms with Crippen molar-refractivity contribution in [1.29, 1.82) is 0 Å². The van der Waals surface area contributed by atoms with E-state index in [0.29, 0.717) is 0 Å². The third-order valence-corrected chi connectivity index (χ3v) is 4.96. The third-order valence-electron chi connectivity index (χ3n) is 4.96. The smallest absolute Gasteiger partial charge is 0.191 e. The standard InChI is InChI=1S/C18H37N5O.HI/c1-4-19-18(21-14-17-15-22(3)12-13-24-17)20-8-5-9-23-10-6-16(2)7-11-23;/h16-17H,4-15H2,1-3H3,(H2,19,20,21);1H. The van der Waals surface area contributed by atoms with Crippen molar-refractivity contribution in [2.45, 2.75) is 39.2 Å². The monoisotopic (exact) mass is 467 g/mol. The molecule has 0 aliphatic carbocycles. The molecule has 7 heteroatoms. The zero-order chi connectivity index (χ0) is 17.2. The zero-order valence-electron chi connectivity index (χ0n) is 16.3. The van der Waals surface area contributed by atoms with Crippen molar-refractivity contribution in [1.82, 2.24) is 20.4 Å². The highest BCUT2D eigenvalue weighted by molar-refractivity contribution is 14.0. The second-order valence-corrected chi connectivity index (χ2v) is 7.28. The van der Waals surface area contributed by atoms with Crippen molar-refractivity contribution in [3.05, 3.63) is 0 Å². The number of morpholine rings is 1. The summed E-state index contributed by atoms with van der Waals surface area (Å²) in [5.74, 6) is 1.83. The molecule has 6 nitrogen and oxygen atoms in total. The van der Waals surface area contributed by atoms with E-state index in [1.165, 1.54) is 38.9 Å². The number of hydrogen-bond acceptors (Lipinski definition) is 4. The number of ether oxygens (including phenoxy) is 1. The van der Waals surface area contributed by atoms with Crippen LogP contribution in [0.25, 0.3) is 0 Å². The van der Waals surface area contributed by atoms with Crippen LogP contribution < -0.4 is 10.6 Å². The summed E-state index contributed by atoms with van der Waals surface area (Å²) in [7, 11) is 2.14. The van der Waals surface area contributed by atoms with Crippen molar-refractivity contribution >= 4 is 29.9 Å². The molecule has 2 fully saturated rings. The van der Waals surface area contributed by atoms with Gasteiger partial charge in [-0.05, 0) is 58.8 Å². The van der Waals surface area contributed by atoms with Crippen LogP contribution in [0.2, 0.25) is 0 Å². The van der Waals surface area contributed by atoms with Crippen LogP contribution in [0, 0.1) is 5.92 Å². The lowest BCUT2D eigenvalue weighted by molar-refractivity contribution is -0.0136. The van der Waals surface area contributed by atoms with Gasteiger partial charge in [0.05, 0.1) is 19.3 Å². The van der Waals surface area contributed by atoms with Crippen molar-refractivity contribution in [3.8, 4) is 0 Å². The van der Waals surface area contributed by atoms with Gasteiger partial charge >= 0.3 is 0 Å². The van der Waals surface area contributed by atoms with Gasteiger partial charge in [0.25, 0.3) is 0 Å². The Morgan fingerprint density at radius 1 is 1.20 bits per heavy atom. The maximum absolute atomic E-state index is 5.78. The lowest BCUT2D eigenvalue weighted by Gasteiger charge is -2.30. The molecule has 0 bridgehead atoms. The topological polar surface area (TPSA) is 52.1 Å². The highest BCUT2D eigenvalue weighted by atomic mass is 127. The second-order valence-electron chi connectivity index (χ2n) is 7.28. The molecule has 0 amide bonds. The summed E-state index contributed by atoms with van der Waals surface area (Å²) in [6, 6.07) is 0. The van der Waals surface area contributed by atoms with E-state index in [4.69, 9.17) is 9.73 Å². The fourth-order valence-electron chi connectivity index (χ4n) is 3.31. The molecule has 2 saturated heterocycles. The molecule has 2 aliphatic rings. The summed E-state index contributed by atoms with van der Waals surface area (Å²) in [5, 5.41) is 6.80. The molecule has 2 heterocycles. The number of halogens is 1. The Morgan fingerprint density at radius 2 is 1.96 bits per heavy atom. The van der Waals surface area contributed by atoms with Crippen LogP contribution in [0.15, 0.2) is 4.99 Å². The molecule has 148 valence electrons. The van der Waals surface area contributed by atoms with E-state index in [9.17, 15) is 0 Å². The predicted molar refractivity (Wildman–Crippen MR) is 116 cm³/mol. The average molecular weight is 467 g/mol. The van der Waals surface area contributed by atoms with Crippen molar-refractivity contribution in [2.24, 2.45) is 10.9 Å². The maximum Gasteiger partial charge on any atom is 0.191 e. The summed E-state index contributed by atoms with van der Waals surface area (Å²) in [6.45, 7) is 13.6. The lowest BCUT2D eigenvalue weighted by atomic mass is 9.99. The van der Waals surface area contributed by atoms with Gasteiger partial charge in [-0.2, -0.15) is 0 Å². The first kappa shape index (κ1) is 22.9. The van der Waals surface area contributed by atoms with Gasteiger partial charge in [-0.1, -0.05) is 6.92 Å². The molecule has 0 radical (unpaired) electrons. The fourth-order valence-corrected chi connectivity index (χ4v) is 3.31. The molecule has 0 aromatic rings. The van der Waals surface area contributed by atoms with E-state index in [1.54, 1.807) is 0 Å². The number of hydrogen-bond donors (Lipinski definition) is 2. The SMILES string of the molecule is CCNC(=NCC1CN(C)CCO1)NCCCN1CCC(C)CC1.I. The molecule has 1 unspecified atom stereocenters. The first-order valence-corrected chi connectivity index (χ1v) is 9.72. The molecule has 0 aromatic heterocycles. The number of guanidine groups is 1. The first-order valence-electron chi connectivity index (χ1n) is 9.72. The van der Waals surface area contributed by atoms with Gasteiger partial charge in [0.15, 0.2) is 5.96 Å². The van der Waals surface area contributed by atoms with E-state index >= 15 is 0 Å². The third kappa shape index (κ3) is 9.40. The van der Waals surface area contributed by atoms with Crippen LogP contribution in [-0.4, -0.2) is 87.9 Å². The molecule has 25 heavy (non-hydrogen) atoms. The molecule has 2 N–H and O–H groups in total. The number of piperidine rings is 1. The van der Waals surface area contributed by atoms with Crippen LogP contribution in [0.4, 0.5) is 0 Å². The van der Waals surface area contributed by atoms with Crippen molar-refractivity contribution in [2.75, 3.05) is 66.0 Å². The Bertz CT molecular complexity index is 374. The number of nitrogens with one attached hydrogen (secondary N) is 2. The minimum Gasteiger partial charge on any atom is -0.374 e. The van der Waals surface area contributed by atoms with Gasteiger partial charge in [0.1, 0.15) is 0 Å². The highest BCUT2D eigenvalue weighted by Crippen LogP contribution is 2.15. The minimum absolute atomic E-state index is 0. The van der Waals surface area contributed by atoms with Gasteiger partial charge in [-0.3, -0.25) is 4.99 Å². The normalized spacial score (nSPS) is 24.0. The Hall–Kier alpha value is -0.120. The van der Waals surface area contributed by atoms with E-state index in [-0.39, 0.29) is 30.1 Å². The number of likely N-dealkylation sites (tertiary alicyclic amines) is 1. The molecule has 2 rings (SSSR count). The van der Waals surface area contributed by atoms with Crippen LogP contribution in [0.3, 0.4) is 0 Å². The van der Waals surface area contributed by atoms with Crippen LogP contribution in [-0.2, 0) is 4.74 Å². The second kappa shape index (κ2) is 13.1. The zero-order valence-corrected chi connectivity index (χ0v) is 18.6. The van der Waals surface area contributed by atoms with Crippen molar-refractivity contribution < 1.29 is 4.74 Å². The van der Waals surface area contributed by atoms with Gasteiger partial charge < -0.3 is 25.2 Å². The average Bonchev–Trinajstić information content (AvgIpc) is 2.58. The molecular weight excluding hydrogens is 429 g/mol. The summed E-state index contributed by atoms with van der Waals surface area (Å²) < 4.78 is 5.78. The quantitative estimate of drug-likeness (QED) is 0.258. The molecular formula is C18H38IN5O. The Kier molecular flexibility index (Phi) is 12.0. The predicted octanol–water partition coefficient (Wildman–Crippen LogP) is 1.61. The number of likely N-dealkylation sites (N-methyl/N-ethyl adjacent to an activating group) is 1. The largest absolute Gasteiger partial charge is 0.374 e. The Morgan fingerprint density at radius 3 is 2.64 bits per heavy atom. The van der Waals surface area contributed by atoms with E-state index in [1.807, 2.05) is 0 Å². The fraction of sp³-hybridized carbons (Fsp3) is 0.944. The summed E-state index contributed by atoms with van der Waals surface area (Å²) in [6.07, 6.45) is 4.09. The molecule has 1 atom stereocenters. The van der Waals surface area contributed by atoms with Gasteiger partial charge in [0, 0.05) is 26.2 Å². The number of nitrogens with zero attached hydrogens (tertiary/aromatic N) is 3. The Balaban J connectivity index is 0.00000312. The number of aliphatic imine (C=N–C) groups is 1. The lowest BCUT2D eigenvalue weighted by Crippen LogP contribution is -2.43. The van der Waals surface area contributed by atoms with E-state index in [0.717, 1.165) is 51.2 Å². The molecule has 2 aliphatic heterocycles. The summed E-state index contributed by atoms with van der Waals surface area (Å²) >= 11 is 0. The molecule has 0 spiro atoms.